The van der Waals surface area contributed by atoms with E-state index in [0.717, 1.165) is 12.1 Å². The molecule has 0 saturated carbocycles. The smallest absolute Gasteiger partial charge is 0.218 e. The molecule has 0 aromatic heterocycles. The van der Waals surface area contributed by atoms with Crippen LogP contribution in [0.3, 0.4) is 0 Å². The number of carbonyl (C=O) groups is 1. The lowest BCUT2D eigenvalue weighted by Gasteiger charge is -2.19. The van der Waals surface area contributed by atoms with Gasteiger partial charge in [-0.2, -0.15) is 0 Å². The number of nitrogen functional groups attached to an aromatic ring is 1. The second kappa shape index (κ2) is 4.89. The first kappa shape index (κ1) is 11.5. The number of amides is 1. The third-order valence-corrected chi connectivity index (χ3v) is 2.66. The van der Waals surface area contributed by atoms with Gasteiger partial charge in [-0.15, -0.1) is 0 Å². The number of benzene rings is 2. The highest BCUT2D eigenvalue weighted by Crippen LogP contribution is 2.29. The zero-order valence-corrected chi connectivity index (χ0v) is 9.76. The van der Waals surface area contributed by atoms with Crippen molar-refractivity contribution in [2.24, 2.45) is 0 Å². The third-order valence-electron chi connectivity index (χ3n) is 2.41. The Labute approximate surface area is 104 Å². The van der Waals surface area contributed by atoms with Gasteiger partial charge in [0.2, 0.25) is 6.41 Å². The van der Waals surface area contributed by atoms with Crippen molar-refractivity contribution in [1.29, 1.82) is 0 Å². The first-order valence-electron chi connectivity index (χ1n) is 5.07. The molecule has 0 unspecified atom stereocenters. The maximum Gasteiger partial charge on any atom is 0.218 e. The number of carbonyl (C=O) groups excluding carboxylic acids is 1. The normalized spacial score (nSPS) is 9.94. The summed E-state index contributed by atoms with van der Waals surface area (Å²) in [6.07, 6.45) is 0.731. The highest BCUT2D eigenvalue weighted by Gasteiger charge is 2.10. The molecule has 4 heteroatoms. The van der Waals surface area contributed by atoms with Crippen LogP contribution < -0.4 is 10.6 Å². The van der Waals surface area contributed by atoms with E-state index >= 15 is 0 Å². The van der Waals surface area contributed by atoms with Gasteiger partial charge in [0, 0.05) is 10.7 Å². The van der Waals surface area contributed by atoms with E-state index in [1.807, 2.05) is 12.1 Å². The second-order valence-corrected chi connectivity index (χ2v) is 3.95. The summed E-state index contributed by atoms with van der Waals surface area (Å²) in [6.45, 7) is 0. The third kappa shape index (κ3) is 2.40. The molecule has 1 amide bonds. The van der Waals surface area contributed by atoms with Gasteiger partial charge >= 0.3 is 0 Å². The number of anilines is 3. The van der Waals surface area contributed by atoms with Gasteiger partial charge < -0.3 is 5.73 Å². The zero-order valence-electron chi connectivity index (χ0n) is 9.01. The summed E-state index contributed by atoms with van der Waals surface area (Å²) in [5.41, 5.74) is 7.77. The molecule has 0 bridgehead atoms. The first-order chi connectivity index (χ1) is 8.22. The molecule has 2 aromatic rings. The number of para-hydroxylation sites is 2. The molecule has 0 spiro atoms. The van der Waals surface area contributed by atoms with Gasteiger partial charge in [0.15, 0.2) is 0 Å². The molecule has 0 aliphatic heterocycles. The Kier molecular flexibility index (Phi) is 3.30. The molecule has 0 fully saturated rings. The van der Waals surface area contributed by atoms with Crippen molar-refractivity contribution in [3.63, 3.8) is 0 Å². The number of nitrogens with two attached hydrogens (primary N) is 1. The summed E-state index contributed by atoms with van der Waals surface area (Å²) in [5.74, 6) is 0. The zero-order chi connectivity index (χ0) is 12.3. The lowest BCUT2D eigenvalue weighted by molar-refractivity contribution is -0.106. The molecule has 86 valence electrons. The van der Waals surface area contributed by atoms with Crippen molar-refractivity contribution in [1.82, 2.24) is 0 Å². The Hall–Kier alpha value is -2.00. The standard InChI is InChI=1S/C13H11ClN2O/c14-10-5-7-11(8-6-10)16(9-17)13-4-2-1-3-12(13)15/h1-9H,15H2. The molecule has 2 N–H and O–H groups in total. The predicted molar refractivity (Wildman–Crippen MR) is 70.5 cm³/mol. The lowest BCUT2D eigenvalue weighted by atomic mass is 10.2. The summed E-state index contributed by atoms with van der Waals surface area (Å²) in [5, 5.41) is 0.626. The highest BCUT2D eigenvalue weighted by atomic mass is 35.5. The largest absolute Gasteiger partial charge is 0.397 e. The van der Waals surface area contributed by atoms with Gasteiger partial charge in [0.1, 0.15) is 0 Å². The Bertz CT molecular complexity index is 525. The number of nitrogens with zero attached hydrogens (tertiary/aromatic N) is 1. The predicted octanol–water partition coefficient (Wildman–Crippen LogP) is 3.22. The van der Waals surface area contributed by atoms with Crippen LogP contribution in [0.15, 0.2) is 48.5 Å². The summed E-state index contributed by atoms with van der Waals surface area (Å²) in [4.78, 5) is 12.7. The van der Waals surface area contributed by atoms with Gasteiger partial charge in [0.05, 0.1) is 11.4 Å². The van der Waals surface area contributed by atoms with E-state index in [9.17, 15) is 4.79 Å². The molecule has 0 atom stereocenters. The van der Waals surface area contributed by atoms with Crippen LogP contribution in [0.5, 0.6) is 0 Å². The molecule has 2 rings (SSSR count). The molecule has 3 nitrogen and oxygen atoms in total. The first-order valence-corrected chi connectivity index (χ1v) is 5.45. The molecule has 17 heavy (non-hydrogen) atoms. The van der Waals surface area contributed by atoms with E-state index < -0.39 is 0 Å². The molecular weight excluding hydrogens is 236 g/mol. The maximum absolute atomic E-state index is 11.2. The van der Waals surface area contributed by atoms with Gasteiger partial charge in [0.25, 0.3) is 0 Å². The van der Waals surface area contributed by atoms with Crippen molar-refractivity contribution < 1.29 is 4.79 Å². The molecule has 0 aliphatic carbocycles. The molecule has 0 heterocycles. The summed E-state index contributed by atoms with van der Waals surface area (Å²) >= 11 is 5.81. The van der Waals surface area contributed by atoms with Crippen molar-refractivity contribution in [2.75, 3.05) is 10.6 Å². The Morgan fingerprint density at radius 2 is 1.71 bits per heavy atom. The number of rotatable bonds is 3. The van der Waals surface area contributed by atoms with Crippen LogP contribution in [0, 0.1) is 0 Å². The Morgan fingerprint density at radius 3 is 2.29 bits per heavy atom. The minimum Gasteiger partial charge on any atom is -0.397 e. The molecule has 2 aromatic carbocycles. The minimum absolute atomic E-state index is 0.551. The van der Waals surface area contributed by atoms with E-state index in [2.05, 4.69) is 0 Å². The molecule has 0 aliphatic rings. The SMILES string of the molecule is Nc1ccccc1N(C=O)c1ccc(Cl)cc1. The Balaban J connectivity index is 2.44. The van der Waals surface area contributed by atoms with Crippen LogP contribution in [0.2, 0.25) is 5.02 Å². The number of hydrogen-bond acceptors (Lipinski definition) is 2. The van der Waals surface area contributed by atoms with Gasteiger partial charge in [-0.3, -0.25) is 9.69 Å². The van der Waals surface area contributed by atoms with Crippen LogP contribution >= 0.6 is 11.6 Å². The highest BCUT2D eigenvalue weighted by molar-refractivity contribution is 6.30. The minimum atomic E-state index is 0.551. The van der Waals surface area contributed by atoms with Crippen molar-refractivity contribution in [3.05, 3.63) is 53.6 Å². The van der Waals surface area contributed by atoms with E-state index in [-0.39, 0.29) is 0 Å². The average Bonchev–Trinajstić information content (AvgIpc) is 2.35. The fourth-order valence-electron chi connectivity index (χ4n) is 1.57. The number of halogens is 1. The quantitative estimate of drug-likeness (QED) is 0.668. The van der Waals surface area contributed by atoms with Crippen LogP contribution in [-0.4, -0.2) is 6.41 Å². The van der Waals surface area contributed by atoms with Gasteiger partial charge in [-0.25, -0.2) is 0 Å². The van der Waals surface area contributed by atoms with E-state index in [1.165, 1.54) is 4.90 Å². The van der Waals surface area contributed by atoms with Crippen LogP contribution in [0.25, 0.3) is 0 Å². The summed E-state index contributed by atoms with van der Waals surface area (Å²) < 4.78 is 0. The fraction of sp³-hybridized carbons (Fsp3) is 0. The topological polar surface area (TPSA) is 46.3 Å². The van der Waals surface area contributed by atoms with Gasteiger partial charge in [-0.05, 0) is 36.4 Å². The van der Waals surface area contributed by atoms with Gasteiger partial charge in [-0.1, -0.05) is 23.7 Å². The van der Waals surface area contributed by atoms with Crippen molar-refractivity contribution >= 4 is 35.1 Å². The van der Waals surface area contributed by atoms with Crippen LogP contribution in [0.1, 0.15) is 0 Å². The number of hydrogen-bond donors (Lipinski definition) is 1. The second-order valence-electron chi connectivity index (χ2n) is 3.51. The van der Waals surface area contributed by atoms with Crippen molar-refractivity contribution in [3.8, 4) is 0 Å². The molecular formula is C13H11ClN2O. The monoisotopic (exact) mass is 246 g/mol. The molecule has 0 saturated heterocycles. The van der Waals surface area contributed by atoms with Crippen LogP contribution in [-0.2, 0) is 4.79 Å². The molecule has 0 radical (unpaired) electrons. The Morgan fingerprint density at radius 1 is 1.06 bits per heavy atom. The van der Waals surface area contributed by atoms with Crippen LogP contribution in [0.4, 0.5) is 17.1 Å². The summed E-state index contributed by atoms with van der Waals surface area (Å²) in [7, 11) is 0. The fourth-order valence-corrected chi connectivity index (χ4v) is 1.69. The lowest BCUT2D eigenvalue weighted by Crippen LogP contribution is -2.15. The van der Waals surface area contributed by atoms with Crippen molar-refractivity contribution in [2.45, 2.75) is 0 Å². The van der Waals surface area contributed by atoms with E-state index in [0.29, 0.717) is 16.4 Å². The maximum atomic E-state index is 11.2. The summed E-state index contributed by atoms with van der Waals surface area (Å²) in [6, 6.07) is 14.2. The van der Waals surface area contributed by atoms with E-state index in [4.69, 9.17) is 17.3 Å². The average molecular weight is 247 g/mol. The van der Waals surface area contributed by atoms with E-state index in [1.54, 1.807) is 36.4 Å².